The molecule has 0 aliphatic carbocycles. The monoisotopic (exact) mass is 326 g/mol. The highest BCUT2D eigenvalue weighted by molar-refractivity contribution is 7.97. The van der Waals surface area contributed by atoms with Crippen LogP contribution in [0, 0.1) is 0 Å². The molecule has 23 heavy (non-hydrogen) atoms. The van der Waals surface area contributed by atoms with Crippen molar-refractivity contribution in [3.8, 4) is 0 Å². The minimum atomic E-state index is -0.453. The summed E-state index contributed by atoms with van der Waals surface area (Å²) in [6.07, 6.45) is 2.23. The van der Waals surface area contributed by atoms with Gasteiger partial charge in [0.15, 0.2) is 0 Å². The lowest BCUT2D eigenvalue weighted by molar-refractivity contribution is -0.123. The second-order valence-electron chi connectivity index (χ2n) is 5.51. The van der Waals surface area contributed by atoms with Gasteiger partial charge in [-0.3, -0.25) is 9.59 Å². The van der Waals surface area contributed by atoms with Crippen LogP contribution in [0.3, 0.4) is 0 Å². The summed E-state index contributed by atoms with van der Waals surface area (Å²) in [6.45, 7) is 0. The number of anilines is 2. The topological polar surface area (TPSA) is 58.2 Å². The zero-order valence-electron chi connectivity index (χ0n) is 12.8. The molecule has 4 nitrogen and oxygen atoms in total. The van der Waals surface area contributed by atoms with E-state index in [4.69, 9.17) is 0 Å². The third-order valence-electron chi connectivity index (χ3n) is 3.85. The van der Waals surface area contributed by atoms with Crippen LogP contribution < -0.4 is 10.6 Å². The number of nitrogens with one attached hydrogen (secondary N) is 2. The normalized spacial score (nSPS) is 16.4. The zero-order valence-corrected chi connectivity index (χ0v) is 13.7. The van der Waals surface area contributed by atoms with Gasteiger partial charge in [0.25, 0.3) is 0 Å². The van der Waals surface area contributed by atoms with E-state index in [0.717, 1.165) is 22.7 Å². The van der Waals surface area contributed by atoms with Crippen LogP contribution in [0.2, 0.25) is 0 Å². The van der Waals surface area contributed by atoms with Gasteiger partial charge >= 0.3 is 0 Å². The fourth-order valence-corrected chi connectivity index (χ4v) is 3.25. The maximum atomic E-state index is 12.6. The van der Waals surface area contributed by atoms with Crippen molar-refractivity contribution in [1.29, 1.82) is 0 Å². The molecule has 0 bridgehead atoms. The number of benzene rings is 2. The summed E-state index contributed by atoms with van der Waals surface area (Å²) in [6, 6.07) is 15.3. The summed E-state index contributed by atoms with van der Waals surface area (Å²) in [5.74, 6) is 0.222. The summed E-state index contributed by atoms with van der Waals surface area (Å²) in [5, 5.41) is 5.73. The minimum absolute atomic E-state index is 0.126. The van der Waals surface area contributed by atoms with Gasteiger partial charge in [0.2, 0.25) is 11.8 Å². The zero-order chi connectivity index (χ0) is 16.2. The second kappa shape index (κ2) is 6.87. The molecule has 2 N–H and O–H groups in total. The maximum absolute atomic E-state index is 12.6. The molecule has 0 fully saturated rings. The first-order chi connectivity index (χ1) is 11.2. The molecule has 3 rings (SSSR count). The van der Waals surface area contributed by atoms with Crippen molar-refractivity contribution in [1.82, 2.24) is 0 Å². The number of carbonyl (C=O) groups excluding carboxylic acids is 2. The van der Waals surface area contributed by atoms with E-state index in [9.17, 15) is 9.59 Å². The van der Waals surface area contributed by atoms with Gasteiger partial charge < -0.3 is 10.6 Å². The molecule has 1 heterocycles. The molecule has 0 aromatic heterocycles. The Hall–Kier alpha value is -2.27. The Morgan fingerprint density at radius 3 is 2.70 bits per heavy atom. The van der Waals surface area contributed by atoms with E-state index >= 15 is 0 Å². The van der Waals surface area contributed by atoms with E-state index in [0.29, 0.717) is 0 Å². The van der Waals surface area contributed by atoms with Gasteiger partial charge in [0.05, 0.1) is 5.92 Å². The average molecular weight is 326 g/mol. The van der Waals surface area contributed by atoms with Gasteiger partial charge in [-0.25, -0.2) is 0 Å². The van der Waals surface area contributed by atoms with Crippen molar-refractivity contribution in [3.63, 3.8) is 0 Å². The van der Waals surface area contributed by atoms with Crippen molar-refractivity contribution < 1.29 is 9.59 Å². The highest BCUT2D eigenvalue weighted by atomic mass is 32.2. The second-order valence-corrected chi connectivity index (χ2v) is 6.38. The smallest absolute Gasteiger partial charge is 0.232 e. The molecule has 5 heteroatoms. The van der Waals surface area contributed by atoms with Crippen LogP contribution in [0.4, 0.5) is 11.4 Å². The van der Waals surface area contributed by atoms with E-state index < -0.39 is 5.92 Å². The summed E-state index contributed by atoms with van der Waals surface area (Å²) >= 11 is 1.76. The molecule has 1 aliphatic heterocycles. The Bertz CT molecular complexity index is 728. The fraction of sp³-hybridized carbons (Fsp3) is 0.222. The van der Waals surface area contributed by atoms with Gasteiger partial charge in [0, 0.05) is 23.5 Å². The first kappa shape index (κ1) is 15.6. The number of carbonyl (C=O) groups is 2. The Morgan fingerprint density at radius 2 is 1.96 bits per heavy atom. The van der Waals surface area contributed by atoms with E-state index in [-0.39, 0.29) is 18.2 Å². The van der Waals surface area contributed by atoms with Crippen molar-refractivity contribution in [2.45, 2.75) is 18.1 Å². The number of thioether (sulfide) groups is 1. The Morgan fingerprint density at radius 1 is 1.22 bits per heavy atom. The lowest BCUT2D eigenvalue weighted by Crippen LogP contribution is -2.30. The van der Waals surface area contributed by atoms with Crippen LogP contribution in [-0.4, -0.2) is 18.1 Å². The average Bonchev–Trinajstić information content (AvgIpc) is 2.56. The molecular weight excluding hydrogens is 308 g/mol. The molecule has 0 radical (unpaired) electrons. The molecule has 0 spiro atoms. The number of hydrogen-bond acceptors (Lipinski definition) is 3. The third kappa shape index (κ3) is 3.56. The molecule has 1 unspecified atom stereocenters. The Labute approximate surface area is 139 Å². The molecular formula is C18H18N2O2S. The Kier molecular flexibility index (Phi) is 4.67. The molecule has 2 aromatic rings. The number of fused-ring (bicyclic) bond motifs is 1. The van der Waals surface area contributed by atoms with Crippen molar-refractivity contribution in [3.05, 3.63) is 59.7 Å². The molecule has 1 aliphatic rings. The standard InChI is InChI=1S/C18H18N2O2S/c1-23-11-12-6-8-13(9-7-12)19-18(22)15-10-17(21)20-16-5-3-2-4-14(15)16/h2-9,15H,10-11H2,1H3,(H,19,22)(H,20,21). The fourth-order valence-electron chi connectivity index (χ4n) is 2.73. The van der Waals surface area contributed by atoms with Crippen LogP contribution in [0.1, 0.15) is 23.5 Å². The van der Waals surface area contributed by atoms with E-state index in [1.807, 2.05) is 48.5 Å². The van der Waals surface area contributed by atoms with E-state index in [1.165, 1.54) is 5.56 Å². The summed E-state index contributed by atoms with van der Waals surface area (Å²) in [4.78, 5) is 24.4. The van der Waals surface area contributed by atoms with E-state index in [1.54, 1.807) is 11.8 Å². The van der Waals surface area contributed by atoms with Crippen molar-refractivity contribution >= 4 is 35.0 Å². The first-order valence-electron chi connectivity index (χ1n) is 7.45. The number of hydrogen-bond donors (Lipinski definition) is 2. The molecule has 2 amide bonds. The molecule has 2 aromatic carbocycles. The predicted octanol–water partition coefficient (Wildman–Crippen LogP) is 3.61. The van der Waals surface area contributed by atoms with E-state index in [2.05, 4.69) is 16.9 Å². The van der Waals surface area contributed by atoms with Crippen LogP contribution in [-0.2, 0) is 15.3 Å². The predicted molar refractivity (Wildman–Crippen MR) is 94.7 cm³/mol. The summed E-state index contributed by atoms with van der Waals surface area (Å²) in [7, 11) is 0. The van der Waals surface area contributed by atoms with Gasteiger partial charge in [-0.05, 0) is 35.6 Å². The minimum Gasteiger partial charge on any atom is -0.326 e. The number of para-hydroxylation sites is 1. The molecule has 0 saturated heterocycles. The number of rotatable bonds is 4. The van der Waals surface area contributed by atoms with Crippen LogP contribution in [0.25, 0.3) is 0 Å². The maximum Gasteiger partial charge on any atom is 0.232 e. The van der Waals surface area contributed by atoms with Crippen LogP contribution in [0.15, 0.2) is 48.5 Å². The van der Waals surface area contributed by atoms with Crippen molar-refractivity contribution in [2.75, 3.05) is 16.9 Å². The molecule has 118 valence electrons. The largest absolute Gasteiger partial charge is 0.326 e. The SMILES string of the molecule is CSCc1ccc(NC(=O)C2CC(=O)Nc3ccccc32)cc1. The lowest BCUT2D eigenvalue weighted by Gasteiger charge is -2.24. The first-order valence-corrected chi connectivity index (χ1v) is 8.84. The van der Waals surface area contributed by atoms with Crippen LogP contribution in [0.5, 0.6) is 0 Å². The Balaban J connectivity index is 1.77. The third-order valence-corrected chi connectivity index (χ3v) is 4.47. The number of amides is 2. The molecule has 0 saturated carbocycles. The van der Waals surface area contributed by atoms with Gasteiger partial charge in [-0.1, -0.05) is 30.3 Å². The molecule has 1 atom stereocenters. The highest BCUT2D eigenvalue weighted by Crippen LogP contribution is 2.32. The summed E-state index contributed by atoms with van der Waals surface area (Å²) in [5.41, 5.74) is 3.56. The van der Waals surface area contributed by atoms with Crippen LogP contribution >= 0.6 is 11.8 Å². The van der Waals surface area contributed by atoms with Crippen molar-refractivity contribution in [2.24, 2.45) is 0 Å². The van der Waals surface area contributed by atoms with Gasteiger partial charge in [-0.15, -0.1) is 0 Å². The summed E-state index contributed by atoms with van der Waals surface area (Å²) < 4.78 is 0. The van der Waals surface area contributed by atoms with Gasteiger partial charge in [0.1, 0.15) is 0 Å². The lowest BCUT2D eigenvalue weighted by atomic mass is 9.90. The quantitative estimate of drug-likeness (QED) is 0.902. The van der Waals surface area contributed by atoms with Gasteiger partial charge in [-0.2, -0.15) is 11.8 Å². The highest BCUT2D eigenvalue weighted by Gasteiger charge is 2.30.